The number of amides is 2. The van der Waals surface area contributed by atoms with Crippen LogP contribution in [0.3, 0.4) is 0 Å². The predicted octanol–water partition coefficient (Wildman–Crippen LogP) is 4.38. The molecule has 2 amide bonds. The zero-order chi connectivity index (χ0) is 24.9. The Kier molecular flexibility index (Phi) is 6.95. The highest BCUT2D eigenvalue weighted by atomic mass is 16.5. The van der Waals surface area contributed by atoms with Crippen molar-refractivity contribution >= 4 is 23.1 Å². The number of hydrogen-bond donors (Lipinski definition) is 2. The van der Waals surface area contributed by atoms with E-state index in [1.54, 1.807) is 48.5 Å². The molecule has 0 radical (unpaired) electrons. The van der Waals surface area contributed by atoms with Gasteiger partial charge in [0.25, 0.3) is 11.8 Å². The van der Waals surface area contributed by atoms with E-state index >= 15 is 0 Å². The van der Waals surface area contributed by atoms with Crippen LogP contribution in [0, 0.1) is 6.92 Å². The maximum absolute atomic E-state index is 13.0. The number of para-hydroxylation sites is 1. The normalized spacial score (nSPS) is 15.1. The quantitative estimate of drug-likeness (QED) is 0.387. The van der Waals surface area contributed by atoms with Gasteiger partial charge in [-0.1, -0.05) is 24.3 Å². The molecule has 0 spiro atoms. The molecule has 1 unspecified atom stereocenters. The molecule has 5 rings (SSSR count). The molecule has 2 aromatic carbocycles. The molecule has 2 N–H and O–H groups in total. The summed E-state index contributed by atoms with van der Waals surface area (Å²) in [6, 6.07) is 17.9. The lowest BCUT2D eigenvalue weighted by Crippen LogP contribution is -2.32. The number of pyridine rings is 1. The highest BCUT2D eigenvalue weighted by molar-refractivity contribution is 6.09. The van der Waals surface area contributed by atoms with Gasteiger partial charge < -0.3 is 24.5 Å². The average Bonchev–Trinajstić information content (AvgIpc) is 3.57. The minimum Gasteiger partial charge on any atom is -0.487 e. The van der Waals surface area contributed by atoms with Crippen LogP contribution in [0.15, 0.2) is 73.1 Å². The molecule has 1 aliphatic heterocycles. The van der Waals surface area contributed by atoms with Crippen molar-refractivity contribution in [1.29, 1.82) is 0 Å². The number of benzene rings is 2. The van der Waals surface area contributed by atoms with Crippen LogP contribution in [0.25, 0.3) is 5.65 Å². The third-order valence-corrected chi connectivity index (χ3v) is 6.14. The van der Waals surface area contributed by atoms with Crippen LogP contribution in [-0.2, 0) is 11.3 Å². The Balaban J connectivity index is 1.23. The smallest absolute Gasteiger partial charge is 0.255 e. The van der Waals surface area contributed by atoms with Crippen LogP contribution in [-0.4, -0.2) is 40.5 Å². The first-order valence-corrected chi connectivity index (χ1v) is 12.0. The van der Waals surface area contributed by atoms with Crippen molar-refractivity contribution in [1.82, 2.24) is 14.7 Å². The first-order chi connectivity index (χ1) is 17.6. The number of rotatable bonds is 8. The molecular formula is C28H28N4O4. The van der Waals surface area contributed by atoms with Gasteiger partial charge in [-0.15, -0.1) is 0 Å². The maximum atomic E-state index is 13.0. The lowest BCUT2D eigenvalue weighted by molar-refractivity contribution is 0.0858. The molecule has 36 heavy (non-hydrogen) atoms. The van der Waals surface area contributed by atoms with Gasteiger partial charge in [-0.2, -0.15) is 0 Å². The predicted molar refractivity (Wildman–Crippen MR) is 136 cm³/mol. The van der Waals surface area contributed by atoms with E-state index in [-0.39, 0.29) is 24.5 Å². The van der Waals surface area contributed by atoms with Gasteiger partial charge in [0.2, 0.25) is 0 Å². The Morgan fingerprint density at radius 2 is 2.00 bits per heavy atom. The molecule has 0 aliphatic carbocycles. The van der Waals surface area contributed by atoms with E-state index in [0.717, 1.165) is 36.4 Å². The molecule has 0 saturated carbocycles. The SMILES string of the molecule is Cc1cccn2cc(COc3cccc(C(=O)Nc4ccccc4C(=O)NCC4CCCO4)c3)nc12. The van der Waals surface area contributed by atoms with Crippen LogP contribution in [0.2, 0.25) is 0 Å². The second-order valence-electron chi connectivity index (χ2n) is 8.82. The highest BCUT2D eigenvalue weighted by Crippen LogP contribution is 2.20. The van der Waals surface area contributed by atoms with E-state index in [2.05, 4.69) is 15.6 Å². The van der Waals surface area contributed by atoms with Crippen molar-refractivity contribution in [2.45, 2.75) is 32.5 Å². The van der Waals surface area contributed by atoms with E-state index < -0.39 is 0 Å². The summed E-state index contributed by atoms with van der Waals surface area (Å²) >= 11 is 0. The van der Waals surface area contributed by atoms with Crippen molar-refractivity contribution in [3.05, 3.63) is 95.4 Å². The molecule has 0 bridgehead atoms. The Hall–Kier alpha value is -4.17. The minimum atomic E-state index is -0.330. The van der Waals surface area contributed by atoms with E-state index in [4.69, 9.17) is 9.47 Å². The largest absolute Gasteiger partial charge is 0.487 e. The van der Waals surface area contributed by atoms with Crippen LogP contribution < -0.4 is 15.4 Å². The van der Waals surface area contributed by atoms with Gasteiger partial charge in [-0.05, 0) is 61.7 Å². The van der Waals surface area contributed by atoms with E-state index in [1.165, 1.54) is 0 Å². The minimum absolute atomic E-state index is 0.0445. The lowest BCUT2D eigenvalue weighted by Gasteiger charge is -2.14. The summed E-state index contributed by atoms with van der Waals surface area (Å²) < 4.78 is 13.4. The van der Waals surface area contributed by atoms with Gasteiger partial charge >= 0.3 is 0 Å². The number of hydrogen-bond acceptors (Lipinski definition) is 5. The van der Waals surface area contributed by atoms with Crippen LogP contribution in [0.4, 0.5) is 5.69 Å². The number of imidazole rings is 1. The molecule has 1 atom stereocenters. The summed E-state index contributed by atoms with van der Waals surface area (Å²) in [7, 11) is 0. The topological polar surface area (TPSA) is 94.0 Å². The Bertz CT molecular complexity index is 1390. The first-order valence-electron chi connectivity index (χ1n) is 12.0. The summed E-state index contributed by atoms with van der Waals surface area (Å²) in [6.07, 6.45) is 5.87. The molecule has 184 valence electrons. The number of nitrogens with one attached hydrogen (secondary N) is 2. The van der Waals surface area contributed by atoms with Crippen molar-refractivity contribution < 1.29 is 19.1 Å². The maximum Gasteiger partial charge on any atom is 0.255 e. The summed E-state index contributed by atoms with van der Waals surface area (Å²) in [6.45, 7) is 3.47. The second-order valence-corrected chi connectivity index (χ2v) is 8.82. The fourth-order valence-corrected chi connectivity index (χ4v) is 4.25. The van der Waals surface area contributed by atoms with Gasteiger partial charge in [0.05, 0.1) is 23.0 Å². The number of nitrogens with zero attached hydrogens (tertiary/aromatic N) is 2. The number of carbonyl (C=O) groups excluding carboxylic acids is 2. The van der Waals surface area contributed by atoms with Gasteiger partial charge in [0, 0.05) is 31.1 Å². The fourth-order valence-electron chi connectivity index (χ4n) is 4.25. The molecule has 4 aromatic rings. The molecule has 8 heteroatoms. The third kappa shape index (κ3) is 5.39. The standard InChI is InChI=1S/C28H28N4O4/c1-19-7-5-13-32-17-21(30-26(19)32)18-36-22-9-4-8-20(15-22)27(33)31-25-12-3-2-11-24(25)28(34)29-16-23-10-6-14-35-23/h2-5,7-9,11-13,15,17,23H,6,10,14,16,18H2,1H3,(H,29,34)(H,31,33). The summed E-state index contributed by atoms with van der Waals surface area (Å²) in [5, 5.41) is 5.76. The molecule has 3 heterocycles. The Morgan fingerprint density at radius 1 is 1.11 bits per heavy atom. The summed E-state index contributed by atoms with van der Waals surface area (Å²) in [5.41, 5.74) is 4.04. The molecule has 8 nitrogen and oxygen atoms in total. The number of anilines is 1. The number of carbonyl (C=O) groups is 2. The lowest BCUT2D eigenvalue weighted by atomic mass is 10.1. The zero-order valence-electron chi connectivity index (χ0n) is 20.1. The van der Waals surface area contributed by atoms with Crippen molar-refractivity contribution in [3.8, 4) is 5.75 Å². The Labute approximate surface area is 209 Å². The molecular weight excluding hydrogens is 456 g/mol. The number of aromatic nitrogens is 2. The Morgan fingerprint density at radius 3 is 2.83 bits per heavy atom. The number of fused-ring (bicyclic) bond motifs is 1. The highest BCUT2D eigenvalue weighted by Gasteiger charge is 2.19. The van der Waals surface area contributed by atoms with Crippen molar-refractivity contribution in [2.24, 2.45) is 0 Å². The van der Waals surface area contributed by atoms with Crippen LogP contribution in [0.1, 0.15) is 44.8 Å². The second kappa shape index (κ2) is 10.6. The van der Waals surface area contributed by atoms with E-state index in [0.29, 0.717) is 29.1 Å². The van der Waals surface area contributed by atoms with Gasteiger partial charge in [0.1, 0.15) is 18.0 Å². The van der Waals surface area contributed by atoms with Crippen LogP contribution >= 0.6 is 0 Å². The van der Waals surface area contributed by atoms with Gasteiger partial charge in [-0.25, -0.2) is 4.98 Å². The average molecular weight is 485 g/mol. The first kappa shape index (κ1) is 23.6. The number of aryl methyl sites for hydroxylation is 1. The van der Waals surface area contributed by atoms with E-state index in [1.807, 2.05) is 35.9 Å². The van der Waals surface area contributed by atoms with Crippen molar-refractivity contribution in [2.75, 3.05) is 18.5 Å². The van der Waals surface area contributed by atoms with Crippen LogP contribution in [0.5, 0.6) is 5.75 Å². The molecule has 1 saturated heterocycles. The van der Waals surface area contributed by atoms with Gasteiger partial charge in [0.15, 0.2) is 0 Å². The van der Waals surface area contributed by atoms with E-state index in [9.17, 15) is 9.59 Å². The monoisotopic (exact) mass is 484 g/mol. The molecule has 1 aliphatic rings. The zero-order valence-corrected chi connectivity index (χ0v) is 20.1. The fraction of sp³-hybridized carbons (Fsp3) is 0.250. The summed E-state index contributed by atoms with van der Waals surface area (Å²) in [5.74, 6) is -0.0247. The summed E-state index contributed by atoms with van der Waals surface area (Å²) in [4.78, 5) is 30.4. The molecule has 1 fully saturated rings. The van der Waals surface area contributed by atoms with Crippen molar-refractivity contribution in [3.63, 3.8) is 0 Å². The number of ether oxygens (including phenoxy) is 2. The van der Waals surface area contributed by atoms with Gasteiger partial charge in [-0.3, -0.25) is 9.59 Å². The third-order valence-electron chi connectivity index (χ3n) is 6.14. The molecule has 2 aromatic heterocycles.